The molecule has 29 heavy (non-hydrogen) atoms. The Bertz CT molecular complexity index is 903. The highest BCUT2D eigenvalue weighted by Crippen LogP contribution is 2.30. The molecule has 1 unspecified atom stereocenters. The molecule has 2 amide bonds. The summed E-state index contributed by atoms with van der Waals surface area (Å²) in [6.07, 6.45) is -2.82. The highest BCUT2D eigenvalue weighted by Gasteiger charge is 2.36. The minimum absolute atomic E-state index is 0.0390. The van der Waals surface area contributed by atoms with E-state index in [4.69, 9.17) is 11.6 Å². The predicted octanol–water partition coefficient (Wildman–Crippen LogP) is 3.76. The van der Waals surface area contributed by atoms with Gasteiger partial charge in [0.15, 0.2) is 0 Å². The summed E-state index contributed by atoms with van der Waals surface area (Å²) in [4.78, 5) is 31.9. The molecule has 154 valence electrons. The normalized spacial score (nSPS) is 16.9. The fourth-order valence-electron chi connectivity index (χ4n) is 3.32. The number of amides is 2. The molecule has 0 spiro atoms. The van der Waals surface area contributed by atoms with Crippen LogP contribution in [-0.2, 0) is 28.9 Å². The molecule has 2 heterocycles. The van der Waals surface area contributed by atoms with Crippen molar-refractivity contribution in [3.8, 4) is 0 Å². The smallest absolute Gasteiger partial charge is 0.341 e. The first-order valence-electron chi connectivity index (χ1n) is 8.93. The van der Waals surface area contributed by atoms with Gasteiger partial charge in [0.25, 0.3) is 0 Å². The molecule has 3 rings (SSSR count). The van der Waals surface area contributed by atoms with Crippen LogP contribution in [0.3, 0.4) is 0 Å². The lowest BCUT2D eigenvalue weighted by atomic mass is 10.1. The molecule has 1 aliphatic rings. The number of carbonyl (C=O) groups is 2. The molecule has 1 saturated heterocycles. The van der Waals surface area contributed by atoms with Crippen molar-refractivity contribution in [3.05, 3.63) is 64.4 Å². The molecule has 0 bridgehead atoms. The molecule has 0 radical (unpaired) electrons. The Labute approximate surface area is 171 Å². The van der Waals surface area contributed by atoms with Crippen LogP contribution in [0.25, 0.3) is 0 Å². The topological polar surface area (TPSA) is 53.5 Å². The lowest BCUT2D eigenvalue weighted by molar-refractivity contribution is -0.137. The standard InChI is InChI=1S/C20H19ClF3N3O2/c1-26(10-14-5-6-17(21)25-9-14)19(29)15-8-18(28)27(12-15)11-13-3-2-4-16(7-13)20(22,23)24/h2-7,9,15H,8,10-12H2,1H3. The van der Waals surface area contributed by atoms with Crippen LogP contribution in [0.4, 0.5) is 13.2 Å². The van der Waals surface area contributed by atoms with Crippen LogP contribution in [0.15, 0.2) is 42.6 Å². The van der Waals surface area contributed by atoms with Gasteiger partial charge in [-0.3, -0.25) is 9.59 Å². The molecule has 0 N–H and O–H groups in total. The lowest BCUT2D eigenvalue weighted by Crippen LogP contribution is -2.34. The zero-order valence-electron chi connectivity index (χ0n) is 15.6. The van der Waals surface area contributed by atoms with E-state index in [1.165, 1.54) is 21.9 Å². The molecular formula is C20H19ClF3N3O2. The Morgan fingerprint density at radius 2 is 2.03 bits per heavy atom. The quantitative estimate of drug-likeness (QED) is 0.685. The molecule has 1 atom stereocenters. The van der Waals surface area contributed by atoms with Gasteiger partial charge in [0, 0.05) is 39.3 Å². The summed E-state index contributed by atoms with van der Waals surface area (Å²) >= 11 is 5.75. The van der Waals surface area contributed by atoms with E-state index >= 15 is 0 Å². The third-order valence-electron chi connectivity index (χ3n) is 4.78. The fraction of sp³-hybridized carbons (Fsp3) is 0.350. The van der Waals surface area contributed by atoms with Crippen LogP contribution >= 0.6 is 11.6 Å². The molecule has 1 fully saturated rings. The van der Waals surface area contributed by atoms with E-state index in [0.29, 0.717) is 17.3 Å². The fourth-order valence-corrected chi connectivity index (χ4v) is 3.43. The predicted molar refractivity (Wildman–Crippen MR) is 101 cm³/mol. The number of pyridine rings is 1. The minimum atomic E-state index is -4.44. The number of aromatic nitrogens is 1. The van der Waals surface area contributed by atoms with E-state index in [9.17, 15) is 22.8 Å². The molecule has 0 saturated carbocycles. The summed E-state index contributed by atoms with van der Waals surface area (Å²) in [5.74, 6) is -0.972. The number of benzene rings is 1. The molecule has 1 aliphatic heterocycles. The van der Waals surface area contributed by atoms with E-state index in [1.54, 1.807) is 25.4 Å². The maximum Gasteiger partial charge on any atom is 0.416 e. The van der Waals surface area contributed by atoms with Crippen molar-refractivity contribution >= 4 is 23.4 Å². The van der Waals surface area contributed by atoms with Crippen molar-refractivity contribution in [3.63, 3.8) is 0 Å². The SMILES string of the molecule is CN(Cc1ccc(Cl)nc1)C(=O)C1CC(=O)N(Cc2cccc(C(F)(F)F)c2)C1. The van der Waals surface area contributed by atoms with Gasteiger partial charge in [0.05, 0.1) is 11.5 Å². The highest BCUT2D eigenvalue weighted by atomic mass is 35.5. The van der Waals surface area contributed by atoms with Crippen molar-refractivity contribution in [1.82, 2.24) is 14.8 Å². The largest absolute Gasteiger partial charge is 0.416 e. The van der Waals surface area contributed by atoms with Gasteiger partial charge in [0.1, 0.15) is 5.15 Å². The first-order valence-corrected chi connectivity index (χ1v) is 9.30. The Morgan fingerprint density at radius 1 is 1.28 bits per heavy atom. The van der Waals surface area contributed by atoms with E-state index in [2.05, 4.69) is 4.98 Å². The van der Waals surface area contributed by atoms with E-state index in [0.717, 1.165) is 17.7 Å². The van der Waals surface area contributed by atoms with Crippen LogP contribution in [0.2, 0.25) is 5.15 Å². The maximum absolute atomic E-state index is 12.9. The van der Waals surface area contributed by atoms with Gasteiger partial charge in [-0.1, -0.05) is 29.8 Å². The van der Waals surface area contributed by atoms with Gasteiger partial charge in [-0.2, -0.15) is 13.2 Å². The van der Waals surface area contributed by atoms with Crippen molar-refractivity contribution in [2.45, 2.75) is 25.7 Å². The second kappa shape index (κ2) is 8.41. The third-order valence-corrected chi connectivity index (χ3v) is 5.00. The second-order valence-electron chi connectivity index (χ2n) is 7.06. The third kappa shape index (κ3) is 5.26. The maximum atomic E-state index is 12.9. The Morgan fingerprint density at radius 3 is 2.69 bits per heavy atom. The lowest BCUT2D eigenvalue weighted by Gasteiger charge is -2.21. The first-order chi connectivity index (χ1) is 13.6. The summed E-state index contributed by atoms with van der Waals surface area (Å²) in [5, 5.41) is 0.356. The summed E-state index contributed by atoms with van der Waals surface area (Å²) in [6.45, 7) is 0.537. The molecule has 9 heteroatoms. The van der Waals surface area contributed by atoms with Crippen molar-refractivity contribution in [2.75, 3.05) is 13.6 Å². The number of likely N-dealkylation sites (tertiary alicyclic amines) is 1. The van der Waals surface area contributed by atoms with E-state index in [1.807, 2.05) is 0 Å². The first kappa shape index (κ1) is 21.1. The molecule has 5 nitrogen and oxygen atoms in total. The number of carbonyl (C=O) groups excluding carboxylic acids is 2. The number of alkyl halides is 3. The zero-order valence-corrected chi connectivity index (χ0v) is 16.4. The summed E-state index contributed by atoms with van der Waals surface area (Å²) in [5.41, 5.74) is 0.419. The summed E-state index contributed by atoms with van der Waals surface area (Å²) in [6, 6.07) is 8.26. The number of halogens is 4. The highest BCUT2D eigenvalue weighted by molar-refractivity contribution is 6.29. The van der Waals surface area contributed by atoms with E-state index < -0.39 is 17.7 Å². The van der Waals surface area contributed by atoms with Gasteiger partial charge < -0.3 is 9.80 Å². The summed E-state index contributed by atoms with van der Waals surface area (Å²) in [7, 11) is 1.64. The van der Waals surface area contributed by atoms with Crippen LogP contribution < -0.4 is 0 Å². The van der Waals surface area contributed by atoms with Crippen molar-refractivity contribution in [1.29, 1.82) is 0 Å². The van der Waals surface area contributed by atoms with Crippen LogP contribution in [0, 0.1) is 5.92 Å². The zero-order chi connectivity index (χ0) is 21.2. The van der Waals surface area contributed by atoms with Crippen LogP contribution in [0.1, 0.15) is 23.1 Å². The van der Waals surface area contributed by atoms with Gasteiger partial charge in [0.2, 0.25) is 11.8 Å². The average Bonchev–Trinajstić information content (AvgIpc) is 3.03. The van der Waals surface area contributed by atoms with Crippen molar-refractivity contribution < 1.29 is 22.8 Å². The number of hydrogen-bond acceptors (Lipinski definition) is 3. The molecule has 1 aromatic carbocycles. The minimum Gasteiger partial charge on any atom is -0.341 e. The van der Waals surface area contributed by atoms with Crippen molar-refractivity contribution in [2.24, 2.45) is 5.92 Å². The van der Waals surface area contributed by atoms with Crippen LogP contribution in [-0.4, -0.2) is 40.2 Å². The number of hydrogen-bond donors (Lipinski definition) is 0. The van der Waals surface area contributed by atoms with Gasteiger partial charge in [-0.15, -0.1) is 0 Å². The van der Waals surface area contributed by atoms with Gasteiger partial charge in [-0.25, -0.2) is 4.98 Å². The molecule has 1 aromatic heterocycles. The Kier molecular flexibility index (Phi) is 6.12. The van der Waals surface area contributed by atoms with E-state index in [-0.39, 0.29) is 31.3 Å². The van der Waals surface area contributed by atoms with Gasteiger partial charge in [-0.05, 0) is 29.3 Å². The van der Waals surface area contributed by atoms with Gasteiger partial charge >= 0.3 is 6.18 Å². The Balaban J connectivity index is 1.62. The summed E-state index contributed by atoms with van der Waals surface area (Å²) < 4.78 is 38.6. The number of rotatable bonds is 5. The number of nitrogens with zero attached hydrogens (tertiary/aromatic N) is 3. The monoisotopic (exact) mass is 425 g/mol. The Hall–Kier alpha value is -2.61. The average molecular weight is 426 g/mol. The molecule has 0 aliphatic carbocycles. The molecule has 2 aromatic rings. The van der Waals surface area contributed by atoms with Crippen LogP contribution in [0.5, 0.6) is 0 Å². The second-order valence-corrected chi connectivity index (χ2v) is 7.44. The molecular weight excluding hydrogens is 407 g/mol.